The number of rotatable bonds is 3. The number of esters is 1. The van der Waals surface area contributed by atoms with Crippen LogP contribution in [0.15, 0.2) is 0 Å². The molecule has 0 aromatic rings. The molecule has 0 aromatic carbocycles. The Kier molecular flexibility index (Phi) is 3.40. The lowest BCUT2D eigenvalue weighted by Gasteiger charge is -2.22. The first-order valence-electron chi connectivity index (χ1n) is 3.54. The molecule has 59 valence electrons. The van der Waals surface area contributed by atoms with E-state index in [4.69, 9.17) is 4.74 Å². The highest BCUT2D eigenvalue weighted by molar-refractivity contribution is 5.78. The van der Waals surface area contributed by atoms with Crippen LogP contribution >= 0.6 is 0 Å². The second kappa shape index (κ2) is 3.59. The van der Waals surface area contributed by atoms with Crippen molar-refractivity contribution in [1.82, 2.24) is 0 Å². The van der Waals surface area contributed by atoms with Gasteiger partial charge in [-0.2, -0.15) is 0 Å². The minimum Gasteiger partial charge on any atom is -0.459 e. The van der Waals surface area contributed by atoms with Crippen LogP contribution in [0.4, 0.5) is 0 Å². The Morgan fingerprint density at radius 3 is 2.40 bits per heavy atom. The molecular weight excluding hydrogens is 128 g/mol. The molecule has 0 atom stereocenters. The lowest BCUT2D eigenvalue weighted by molar-refractivity contribution is -0.152. The topological polar surface area (TPSA) is 26.3 Å². The van der Waals surface area contributed by atoms with Crippen LogP contribution in [0.2, 0.25) is 0 Å². The molecule has 0 aliphatic rings. The van der Waals surface area contributed by atoms with Crippen molar-refractivity contribution >= 4 is 5.97 Å². The van der Waals surface area contributed by atoms with Gasteiger partial charge in [-0.05, 0) is 20.3 Å². The second-order valence-electron chi connectivity index (χ2n) is 2.82. The van der Waals surface area contributed by atoms with Crippen molar-refractivity contribution in [3.63, 3.8) is 0 Å². The molecule has 0 spiro atoms. The van der Waals surface area contributed by atoms with Gasteiger partial charge >= 0.3 is 5.97 Å². The molecule has 0 aliphatic carbocycles. The molecule has 0 fully saturated rings. The largest absolute Gasteiger partial charge is 0.459 e. The first-order valence-corrected chi connectivity index (χ1v) is 3.54. The number of ether oxygens (including phenoxy) is 1. The van der Waals surface area contributed by atoms with Crippen molar-refractivity contribution < 1.29 is 9.53 Å². The van der Waals surface area contributed by atoms with Gasteiger partial charge in [0.15, 0.2) is 0 Å². The molecule has 0 saturated heterocycles. The molecule has 2 heteroatoms. The Bertz CT molecular complexity index is 116. The Morgan fingerprint density at radius 2 is 2.10 bits per heavy atom. The summed E-state index contributed by atoms with van der Waals surface area (Å²) in [6, 6.07) is 0. The number of hydrogen-bond acceptors (Lipinski definition) is 2. The molecule has 10 heavy (non-hydrogen) atoms. The maximum atomic E-state index is 10.7. The average molecular weight is 143 g/mol. The predicted molar refractivity (Wildman–Crippen MR) is 40.4 cm³/mol. The standard InChI is InChI=1S/C8H15O2/c1-5-7(9)10-8(3,4)6-2/h5H,6H2,1-4H3. The summed E-state index contributed by atoms with van der Waals surface area (Å²) in [5, 5.41) is 0. The zero-order valence-corrected chi connectivity index (χ0v) is 7.10. The smallest absolute Gasteiger partial charge is 0.310 e. The Hall–Kier alpha value is -0.530. The Labute approximate surface area is 62.6 Å². The van der Waals surface area contributed by atoms with Crippen molar-refractivity contribution in [3.8, 4) is 0 Å². The number of hydrogen-bond donors (Lipinski definition) is 0. The molecule has 0 amide bonds. The third-order valence-corrected chi connectivity index (χ3v) is 1.46. The summed E-state index contributed by atoms with van der Waals surface area (Å²) >= 11 is 0. The van der Waals surface area contributed by atoms with Gasteiger partial charge in [-0.25, -0.2) is 0 Å². The number of carbonyl (C=O) groups excluding carboxylic acids is 1. The fraction of sp³-hybridized carbons (Fsp3) is 0.750. The van der Waals surface area contributed by atoms with Gasteiger partial charge in [-0.15, -0.1) is 0 Å². The van der Waals surface area contributed by atoms with Gasteiger partial charge in [0.25, 0.3) is 0 Å². The fourth-order valence-corrected chi connectivity index (χ4v) is 0.403. The van der Waals surface area contributed by atoms with Crippen LogP contribution in [-0.4, -0.2) is 11.6 Å². The highest BCUT2D eigenvalue weighted by atomic mass is 16.6. The molecule has 0 saturated carbocycles. The summed E-state index contributed by atoms with van der Waals surface area (Å²) in [4.78, 5) is 10.7. The molecule has 1 radical (unpaired) electrons. The number of carbonyl (C=O) groups is 1. The van der Waals surface area contributed by atoms with E-state index in [2.05, 4.69) is 0 Å². The van der Waals surface area contributed by atoms with E-state index in [0.29, 0.717) is 0 Å². The first kappa shape index (κ1) is 9.47. The first-order chi connectivity index (χ1) is 4.52. The van der Waals surface area contributed by atoms with Crippen LogP contribution in [0.25, 0.3) is 0 Å². The van der Waals surface area contributed by atoms with Gasteiger partial charge in [-0.1, -0.05) is 13.8 Å². The molecule has 0 aliphatic heterocycles. The minimum absolute atomic E-state index is 0.244. The molecule has 0 bridgehead atoms. The zero-order chi connectivity index (χ0) is 8.20. The quantitative estimate of drug-likeness (QED) is 0.564. The fourth-order valence-electron chi connectivity index (χ4n) is 0.403. The molecular formula is C8H15O2. The van der Waals surface area contributed by atoms with Crippen molar-refractivity contribution in [2.75, 3.05) is 0 Å². The monoisotopic (exact) mass is 143 g/mol. The van der Waals surface area contributed by atoms with Gasteiger partial charge in [0.1, 0.15) is 5.60 Å². The van der Waals surface area contributed by atoms with Gasteiger partial charge in [0.05, 0.1) is 6.42 Å². The third kappa shape index (κ3) is 3.49. The maximum Gasteiger partial charge on any atom is 0.310 e. The normalized spacial score (nSPS) is 11.2. The lowest BCUT2D eigenvalue weighted by Crippen LogP contribution is -2.26. The van der Waals surface area contributed by atoms with Crippen LogP contribution in [0, 0.1) is 6.42 Å². The minimum atomic E-state index is -0.316. The van der Waals surface area contributed by atoms with E-state index in [-0.39, 0.29) is 11.6 Å². The summed E-state index contributed by atoms with van der Waals surface area (Å²) in [7, 11) is 0. The molecule has 0 unspecified atom stereocenters. The summed E-state index contributed by atoms with van der Waals surface area (Å²) < 4.78 is 5.04. The molecule has 0 N–H and O–H groups in total. The average Bonchev–Trinajstić information content (AvgIpc) is 1.87. The molecule has 0 rings (SSSR count). The molecule has 0 heterocycles. The van der Waals surface area contributed by atoms with Gasteiger partial charge in [0.2, 0.25) is 0 Å². The third-order valence-electron chi connectivity index (χ3n) is 1.46. The molecule has 2 nitrogen and oxygen atoms in total. The van der Waals surface area contributed by atoms with Crippen molar-refractivity contribution in [1.29, 1.82) is 0 Å². The highest BCUT2D eigenvalue weighted by Gasteiger charge is 2.18. The van der Waals surface area contributed by atoms with Crippen LogP contribution in [0.1, 0.15) is 34.1 Å². The van der Waals surface area contributed by atoms with Crippen LogP contribution in [0.3, 0.4) is 0 Å². The Balaban J connectivity index is 3.76. The second-order valence-corrected chi connectivity index (χ2v) is 2.82. The summed E-state index contributed by atoms with van der Waals surface area (Å²) in [6.07, 6.45) is 2.27. The molecule has 0 aromatic heterocycles. The van der Waals surface area contributed by atoms with Crippen LogP contribution in [0.5, 0.6) is 0 Å². The van der Waals surface area contributed by atoms with Gasteiger partial charge < -0.3 is 4.74 Å². The maximum absolute atomic E-state index is 10.7. The van der Waals surface area contributed by atoms with Crippen LogP contribution in [-0.2, 0) is 9.53 Å². The Morgan fingerprint density at radius 1 is 1.60 bits per heavy atom. The van der Waals surface area contributed by atoms with Gasteiger partial charge in [0, 0.05) is 0 Å². The SMILES string of the molecule is C[CH]C(=O)OC(C)(C)CC. The summed E-state index contributed by atoms with van der Waals surface area (Å²) in [5.41, 5.74) is -0.316. The zero-order valence-electron chi connectivity index (χ0n) is 7.10. The van der Waals surface area contributed by atoms with Crippen molar-refractivity contribution in [2.45, 2.75) is 39.7 Å². The van der Waals surface area contributed by atoms with Gasteiger partial charge in [-0.3, -0.25) is 4.79 Å². The lowest BCUT2D eigenvalue weighted by atomic mass is 10.1. The van der Waals surface area contributed by atoms with E-state index >= 15 is 0 Å². The van der Waals surface area contributed by atoms with Crippen LogP contribution < -0.4 is 0 Å². The van der Waals surface area contributed by atoms with E-state index in [1.165, 1.54) is 6.42 Å². The summed E-state index contributed by atoms with van der Waals surface area (Å²) in [5.74, 6) is -0.244. The predicted octanol–water partition coefficient (Wildman–Crippen LogP) is 1.94. The van der Waals surface area contributed by atoms with E-state index in [1.807, 2.05) is 20.8 Å². The van der Waals surface area contributed by atoms with E-state index in [9.17, 15) is 4.79 Å². The van der Waals surface area contributed by atoms with E-state index in [0.717, 1.165) is 6.42 Å². The van der Waals surface area contributed by atoms with E-state index < -0.39 is 0 Å². The summed E-state index contributed by atoms with van der Waals surface area (Å²) in [6.45, 7) is 7.46. The van der Waals surface area contributed by atoms with E-state index in [1.54, 1.807) is 6.92 Å². The highest BCUT2D eigenvalue weighted by Crippen LogP contribution is 2.13. The van der Waals surface area contributed by atoms with Crippen molar-refractivity contribution in [3.05, 3.63) is 6.42 Å². The van der Waals surface area contributed by atoms with Crippen molar-refractivity contribution in [2.24, 2.45) is 0 Å².